The third kappa shape index (κ3) is 4.06. The minimum absolute atomic E-state index is 0.335. The van der Waals surface area contributed by atoms with Gasteiger partial charge >= 0.3 is 0 Å². The van der Waals surface area contributed by atoms with Crippen LogP contribution in [0.5, 0.6) is 0 Å². The molecule has 5 rings (SSSR count). The predicted molar refractivity (Wildman–Crippen MR) is 130 cm³/mol. The van der Waals surface area contributed by atoms with Crippen molar-refractivity contribution in [2.75, 3.05) is 0 Å². The molecule has 0 aliphatic heterocycles. The maximum Gasteiger partial charge on any atom is -0.00484 e. The Morgan fingerprint density at radius 1 is 0.379 bits per heavy atom. The van der Waals surface area contributed by atoms with E-state index in [4.69, 9.17) is 0 Å². The molecule has 0 N–H and O–H groups in total. The maximum atomic E-state index is 2.33. The molecule has 2 heteroatoms. The first-order chi connectivity index (χ1) is 14.4. The van der Waals surface area contributed by atoms with Gasteiger partial charge in [0.15, 0.2) is 0 Å². The van der Waals surface area contributed by atoms with Gasteiger partial charge in [0.1, 0.15) is 0 Å². The lowest BCUT2D eigenvalue weighted by Gasteiger charge is -2.23. The first-order valence-corrected chi connectivity index (χ1v) is 13.0. The van der Waals surface area contributed by atoms with Gasteiger partial charge in [-0.15, -0.1) is 0 Å². The van der Waals surface area contributed by atoms with Crippen molar-refractivity contribution < 1.29 is 0 Å². The van der Waals surface area contributed by atoms with E-state index in [-0.39, 0.29) is 15.8 Å². The van der Waals surface area contributed by atoms with Gasteiger partial charge in [-0.05, 0) is 54.8 Å². The molecule has 29 heavy (non-hydrogen) atoms. The number of rotatable bonds is 6. The summed E-state index contributed by atoms with van der Waals surface area (Å²) in [5, 5.41) is 6.05. The summed E-state index contributed by atoms with van der Waals surface area (Å²) in [6.07, 6.45) is 1.32. The third-order valence-electron chi connectivity index (χ3n) is 5.52. The summed E-state index contributed by atoms with van der Waals surface area (Å²) in [6, 6.07) is 44.8. The molecule has 0 saturated heterocycles. The summed E-state index contributed by atoms with van der Waals surface area (Å²) in [5.74, 6) is 0. The molecule has 0 amide bonds. The molecule has 1 saturated carbocycles. The van der Waals surface area contributed by atoms with Crippen LogP contribution in [0.4, 0.5) is 0 Å². The lowest BCUT2D eigenvalue weighted by molar-refractivity contribution is 1.49. The Kier molecular flexibility index (Phi) is 5.58. The third-order valence-corrected chi connectivity index (χ3v) is 11.6. The van der Waals surface area contributed by atoms with E-state index >= 15 is 0 Å². The molecule has 0 radical (unpaired) electrons. The van der Waals surface area contributed by atoms with E-state index in [0.29, 0.717) is 0 Å². The van der Waals surface area contributed by atoms with Gasteiger partial charge in [-0.3, -0.25) is 0 Å². The molecule has 2 atom stereocenters. The summed E-state index contributed by atoms with van der Waals surface area (Å²) in [4.78, 5) is 0. The Balaban J connectivity index is 1.53. The van der Waals surface area contributed by atoms with Crippen LogP contribution in [0, 0.1) is 0 Å². The van der Waals surface area contributed by atoms with E-state index in [1.54, 1.807) is 0 Å². The quantitative estimate of drug-likeness (QED) is 0.374. The van der Waals surface area contributed by atoms with Crippen molar-refractivity contribution in [3.05, 3.63) is 121 Å². The second kappa shape index (κ2) is 8.62. The van der Waals surface area contributed by atoms with Crippen LogP contribution in [-0.2, 0) is 0 Å². The second-order valence-electron chi connectivity index (χ2n) is 7.45. The van der Waals surface area contributed by atoms with Gasteiger partial charge in [0.2, 0.25) is 0 Å². The van der Waals surface area contributed by atoms with Crippen LogP contribution in [0.3, 0.4) is 0 Å². The molecule has 0 heterocycles. The molecule has 1 fully saturated rings. The summed E-state index contributed by atoms with van der Waals surface area (Å²) >= 11 is 0. The highest BCUT2D eigenvalue weighted by Crippen LogP contribution is 2.63. The predicted octanol–water partition coefficient (Wildman–Crippen LogP) is 5.39. The molecule has 0 nitrogen and oxygen atoms in total. The van der Waals surface area contributed by atoms with Gasteiger partial charge < -0.3 is 0 Å². The Morgan fingerprint density at radius 2 is 0.621 bits per heavy atom. The van der Waals surface area contributed by atoms with Gasteiger partial charge in [0.05, 0.1) is 0 Å². The van der Waals surface area contributed by atoms with E-state index in [1.807, 2.05) is 0 Å². The highest BCUT2D eigenvalue weighted by atomic mass is 31.1. The van der Waals surface area contributed by atoms with Crippen molar-refractivity contribution in [3.63, 3.8) is 0 Å². The van der Waals surface area contributed by atoms with E-state index in [2.05, 4.69) is 121 Å². The fourth-order valence-corrected chi connectivity index (χ4v) is 10.8. The van der Waals surface area contributed by atoms with Crippen molar-refractivity contribution in [1.82, 2.24) is 0 Å². The van der Waals surface area contributed by atoms with Crippen LogP contribution in [0.25, 0.3) is 0 Å². The lowest BCUT2D eigenvalue weighted by atomic mass is 10.4. The standard InChI is InChI=1S/C27H24P2/c1-5-13-22(14-6-1)28(23-15-7-2-8-16-23)26-21-27(26)29(24-17-9-3-10-18-24)25-19-11-4-12-20-25/h1-20,26-27H,21H2/t26-,27?/m1/s1. The molecule has 1 aliphatic carbocycles. The van der Waals surface area contributed by atoms with Gasteiger partial charge in [-0.1, -0.05) is 121 Å². The Morgan fingerprint density at radius 3 is 0.862 bits per heavy atom. The summed E-state index contributed by atoms with van der Waals surface area (Å²) in [7, 11) is -0.670. The second-order valence-corrected chi connectivity index (χ2v) is 12.3. The zero-order valence-corrected chi connectivity index (χ0v) is 18.1. The molecule has 0 bridgehead atoms. The first kappa shape index (κ1) is 18.7. The Bertz CT molecular complexity index is 867. The van der Waals surface area contributed by atoms with Crippen LogP contribution in [0.2, 0.25) is 0 Å². The van der Waals surface area contributed by atoms with Crippen LogP contribution in [0.1, 0.15) is 6.42 Å². The molecule has 4 aromatic carbocycles. The minimum Gasteiger partial charge on any atom is -0.0622 e. The van der Waals surface area contributed by atoms with Crippen molar-refractivity contribution in [1.29, 1.82) is 0 Å². The van der Waals surface area contributed by atoms with Crippen LogP contribution < -0.4 is 21.2 Å². The number of hydrogen-bond acceptors (Lipinski definition) is 0. The van der Waals surface area contributed by atoms with E-state index in [1.165, 1.54) is 27.6 Å². The zero-order valence-electron chi connectivity index (χ0n) is 16.3. The molecule has 142 valence electrons. The monoisotopic (exact) mass is 410 g/mol. The Labute approximate surface area is 176 Å². The topological polar surface area (TPSA) is 0 Å². The van der Waals surface area contributed by atoms with Gasteiger partial charge in [-0.2, -0.15) is 0 Å². The molecular weight excluding hydrogens is 386 g/mol. The van der Waals surface area contributed by atoms with Crippen molar-refractivity contribution in [2.24, 2.45) is 0 Å². The molecule has 4 aromatic rings. The van der Waals surface area contributed by atoms with Crippen LogP contribution >= 0.6 is 15.8 Å². The summed E-state index contributed by atoms with van der Waals surface area (Å²) < 4.78 is 0. The fraction of sp³-hybridized carbons (Fsp3) is 0.111. The van der Waals surface area contributed by atoms with E-state index in [0.717, 1.165) is 11.3 Å². The number of hydrogen-bond donors (Lipinski definition) is 0. The molecule has 0 spiro atoms. The zero-order chi connectivity index (χ0) is 19.5. The highest BCUT2D eigenvalue weighted by molar-refractivity contribution is 7.78. The van der Waals surface area contributed by atoms with Crippen LogP contribution in [-0.4, -0.2) is 11.3 Å². The number of benzene rings is 4. The smallest absolute Gasteiger partial charge is 0.00484 e. The largest absolute Gasteiger partial charge is 0.0622 e. The Hall–Kier alpha value is -2.26. The van der Waals surface area contributed by atoms with Crippen molar-refractivity contribution >= 4 is 37.1 Å². The summed E-state index contributed by atoms with van der Waals surface area (Å²) in [6.45, 7) is 0. The van der Waals surface area contributed by atoms with Gasteiger partial charge in [-0.25, -0.2) is 0 Å². The maximum absolute atomic E-state index is 2.33. The SMILES string of the molecule is c1ccc(P(c2ccccc2)C2C[C@H]2P(c2ccccc2)c2ccccc2)cc1. The normalized spacial score (nSPS) is 18.1. The first-order valence-electron chi connectivity index (χ1n) is 10.2. The average Bonchev–Trinajstić information content (AvgIpc) is 3.57. The fourth-order valence-electron chi connectivity index (χ4n) is 4.14. The van der Waals surface area contributed by atoms with Crippen LogP contribution in [0.15, 0.2) is 121 Å². The highest BCUT2D eigenvalue weighted by Gasteiger charge is 2.49. The molecule has 0 aromatic heterocycles. The molecular formula is C27H24P2. The van der Waals surface area contributed by atoms with Gasteiger partial charge in [0, 0.05) is 0 Å². The van der Waals surface area contributed by atoms with Crippen molar-refractivity contribution in [2.45, 2.75) is 17.7 Å². The van der Waals surface area contributed by atoms with E-state index < -0.39 is 0 Å². The van der Waals surface area contributed by atoms with E-state index in [9.17, 15) is 0 Å². The minimum atomic E-state index is -0.335. The van der Waals surface area contributed by atoms with Gasteiger partial charge in [0.25, 0.3) is 0 Å². The average molecular weight is 410 g/mol. The summed E-state index contributed by atoms with van der Waals surface area (Å²) in [5.41, 5.74) is 1.50. The lowest BCUT2D eigenvalue weighted by Crippen LogP contribution is -2.19. The molecule has 1 aliphatic rings. The van der Waals surface area contributed by atoms with Crippen molar-refractivity contribution in [3.8, 4) is 0 Å². The molecule has 1 unspecified atom stereocenters.